The van der Waals surface area contributed by atoms with Crippen molar-refractivity contribution >= 4 is 22.1 Å². The fourth-order valence-corrected chi connectivity index (χ4v) is 5.30. The molecule has 1 N–H and O–H groups in total. The van der Waals surface area contributed by atoms with Crippen molar-refractivity contribution in [1.82, 2.24) is 9.78 Å². The first-order chi connectivity index (χ1) is 12.3. The summed E-state index contributed by atoms with van der Waals surface area (Å²) >= 11 is 1.75. The summed E-state index contributed by atoms with van der Waals surface area (Å²) in [4.78, 5) is 16.1. The largest absolute Gasteiger partial charge is 1.00 e. The highest BCUT2D eigenvalue weighted by Crippen LogP contribution is 2.28. The van der Waals surface area contributed by atoms with Crippen LogP contribution in [-0.2, 0) is 6.42 Å². The fourth-order valence-electron chi connectivity index (χ4n) is 4.59. The lowest BCUT2D eigenvalue weighted by Crippen LogP contribution is -3.15. The van der Waals surface area contributed by atoms with Gasteiger partial charge in [0.15, 0.2) is 0 Å². The van der Waals surface area contributed by atoms with Crippen molar-refractivity contribution in [1.29, 1.82) is 0 Å². The molecule has 0 spiro atoms. The van der Waals surface area contributed by atoms with Crippen molar-refractivity contribution in [3.63, 3.8) is 0 Å². The van der Waals surface area contributed by atoms with Crippen LogP contribution in [0.5, 0.6) is 0 Å². The number of nitrogens with one attached hydrogen (secondary N) is 1. The van der Waals surface area contributed by atoms with E-state index in [-0.39, 0.29) is 24.0 Å². The smallest absolute Gasteiger partial charge is 0.275 e. The number of aromatic nitrogens is 2. The predicted molar refractivity (Wildman–Crippen MR) is 100 cm³/mol. The molecule has 136 valence electrons. The Bertz CT molecular complexity index is 961. The molecule has 1 atom stereocenters. The molecule has 6 rings (SSSR count). The molecule has 2 bridgehead atoms. The lowest BCUT2D eigenvalue weighted by atomic mass is 9.84. The van der Waals surface area contributed by atoms with Gasteiger partial charge >= 0.3 is 0 Å². The molecule has 0 amide bonds. The Morgan fingerprint density at radius 3 is 2.54 bits per heavy atom. The summed E-state index contributed by atoms with van der Waals surface area (Å²) in [7, 11) is 0. The topological polar surface area (TPSA) is 39.3 Å². The summed E-state index contributed by atoms with van der Waals surface area (Å²) in [6.07, 6.45) is 3.24. The first-order valence-electron chi connectivity index (χ1n) is 9.16. The van der Waals surface area contributed by atoms with Gasteiger partial charge in [0.1, 0.15) is 12.6 Å². The van der Waals surface area contributed by atoms with Crippen LogP contribution in [0.3, 0.4) is 0 Å². The second kappa shape index (κ2) is 7.14. The molecule has 3 aliphatic heterocycles. The summed E-state index contributed by atoms with van der Waals surface area (Å²) in [6.45, 7) is 3.56. The highest BCUT2D eigenvalue weighted by atomic mass is 35.5. The van der Waals surface area contributed by atoms with Crippen LogP contribution < -0.4 is 22.9 Å². The Hall–Kier alpha value is -1.69. The number of benzene rings is 1. The highest BCUT2D eigenvalue weighted by molar-refractivity contribution is 7.09. The number of thiophene rings is 1. The monoisotopic (exact) mass is 387 g/mol. The van der Waals surface area contributed by atoms with Crippen molar-refractivity contribution in [3.8, 4) is 0 Å². The number of hydrogen-bond acceptors (Lipinski definition) is 3. The zero-order valence-corrected chi connectivity index (χ0v) is 16.1. The SMILES string of the molecule is O=c1c2ccccc2c(Cc2cccs2)nn1C1C[NH+]2CCC1CC2.[Cl-]. The van der Waals surface area contributed by atoms with E-state index in [1.807, 2.05) is 28.9 Å². The predicted octanol–water partition coefficient (Wildman–Crippen LogP) is -1.10. The molecule has 3 fully saturated rings. The van der Waals surface area contributed by atoms with Gasteiger partial charge in [-0.15, -0.1) is 11.3 Å². The van der Waals surface area contributed by atoms with Gasteiger partial charge in [0.25, 0.3) is 5.56 Å². The zero-order valence-electron chi connectivity index (χ0n) is 14.5. The average molecular weight is 388 g/mol. The van der Waals surface area contributed by atoms with Gasteiger partial charge in [-0.2, -0.15) is 5.10 Å². The van der Waals surface area contributed by atoms with Crippen molar-refractivity contribution < 1.29 is 17.3 Å². The summed E-state index contributed by atoms with van der Waals surface area (Å²) in [5.74, 6) is 0.610. The first kappa shape index (κ1) is 17.7. The molecule has 0 radical (unpaired) electrons. The van der Waals surface area contributed by atoms with Crippen LogP contribution in [0.4, 0.5) is 0 Å². The van der Waals surface area contributed by atoms with Crippen LogP contribution in [-0.4, -0.2) is 29.4 Å². The highest BCUT2D eigenvalue weighted by Gasteiger charge is 2.39. The lowest BCUT2D eigenvalue weighted by Gasteiger charge is -2.41. The maximum atomic E-state index is 13.2. The molecule has 1 unspecified atom stereocenters. The number of nitrogens with zero attached hydrogens (tertiary/aromatic N) is 2. The number of piperidine rings is 3. The Morgan fingerprint density at radius 2 is 1.88 bits per heavy atom. The first-order valence-corrected chi connectivity index (χ1v) is 10.0. The van der Waals surface area contributed by atoms with Gasteiger partial charge in [-0.3, -0.25) is 4.79 Å². The van der Waals surface area contributed by atoms with Crippen LogP contribution in [0.1, 0.15) is 29.5 Å². The molecular formula is C20H22ClN3OS. The van der Waals surface area contributed by atoms with E-state index in [0.29, 0.717) is 5.92 Å². The lowest BCUT2D eigenvalue weighted by molar-refractivity contribution is -0.919. The molecule has 26 heavy (non-hydrogen) atoms. The van der Waals surface area contributed by atoms with E-state index in [2.05, 4.69) is 17.5 Å². The van der Waals surface area contributed by atoms with Crippen molar-refractivity contribution in [2.75, 3.05) is 19.6 Å². The van der Waals surface area contributed by atoms with Crippen molar-refractivity contribution in [2.24, 2.45) is 5.92 Å². The molecule has 4 nitrogen and oxygen atoms in total. The molecule has 2 aromatic heterocycles. The second-order valence-electron chi connectivity index (χ2n) is 7.36. The van der Waals surface area contributed by atoms with E-state index >= 15 is 0 Å². The molecule has 3 aliphatic rings. The van der Waals surface area contributed by atoms with Crippen LogP contribution >= 0.6 is 11.3 Å². The fraction of sp³-hybridized carbons (Fsp3) is 0.400. The Morgan fingerprint density at radius 1 is 1.12 bits per heavy atom. The molecule has 1 aromatic carbocycles. The minimum Gasteiger partial charge on any atom is -1.00 e. The molecule has 3 saturated heterocycles. The van der Waals surface area contributed by atoms with Gasteiger partial charge in [0, 0.05) is 29.5 Å². The number of halogens is 1. The number of hydrogen-bond donors (Lipinski definition) is 1. The molecule has 3 aromatic rings. The summed E-state index contributed by atoms with van der Waals surface area (Å²) < 4.78 is 1.84. The molecule has 0 aliphatic carbocycles. The third-order valence-corrected chi connectivity index (χ3v) is 6.80. The van der Waals surface area contributed by atoms with Crippen molar-refractivity contribution in [3.05, 3.63) is 62.7 Å². The van der Waals surface area contributed by atoms with Gasteiger partial charge < -0.3 is 17.3 Å². The summed E-state index contributed by atoms with van der Waals surface area (Å²) in [6, 6.07) is 12.5. The normalized spacial score (nSPS) is 24.5. The van der Waals surface area contributed by atoms with Crippen molar-refractivity contribution in [2.45, 2.75) is 25.3 Å². The maximum Gasteiger partial charge on any atom is 0.275 e. The zero-order chi connectivity index (χ0) is 16.8. The van der Waals surface area contributed by atoms with E-state index in [4.69, 9.17) is 5.10 Å². The van der Waals surface area contributed by atoms with E-state index < -0.39 is 0 Å². The van der Waals surface area contributed by atoms with E-state index in [1.54, 1.807) is 16.2 Å². The standard InChI is InChI=1S/C20H21N3OS.ClH/c24-20-17-6-2-1-5-16(17)18(12-15-4-3-11-25-15)21-23(20)19-13-22-9-7-14(19)8-10-22;/h1-6,11,14,19H,7-10,12-13H2;1H. The Labute approximate surface area is 162 Å². The Kier molecular flexibility index (Phi) is 4.86. The van der Waals surface area contributed by atoms with Gasteiger partial charge in [-0.25, -0.2) is 4.68 Å². The average Bonchev–Trinajstić information content (AvgIpc) is 3.18. The number of quaternary nitrogens is 1. The van der Waals surface area contributed by atoms with E-state index in [1.165, 1.54) is 30.8 Å². The summed E-state index contributed by atoms with van der Waals surface area (Å²) in [5.41, 5.74) is 1.12. The molecule has 6 heteroatoms. The molecule has 0 saturated carbocycles. The third kappa shape index (κ3) is 2.98. The van der Waals surface area contributed by atoms with Crippen LogP contribution in [0.25, 0.3) is 10.8 Å². The molecular weight excluding hydrogens is 366 g/mol. The third-order valence-electron chi connectivity index (χ3n) is 5.92. The van der Waals surface area contributed by atoms with E-state index in [9.17, 15) is 4.79 Å². The quantitative estimate of drug-likeness (QED) is 0.620. The van der Waals surface area contributed by atoms with Gasteiger partial charge in [-0.05, 0) is 23.4 Å². The Balaban J connectivity index is 0.00000168. The number of fused-ring (bicyclic) bond motifs is 4. The second-order valence-corrected chi connectivity index (χ2v) is 8.39. The van der Waals surface area contributed by atoms with Crippen LogP contribution in [0.15, 0.2) is 46.6 Å². The van der Waals surface area contributed by atoms with Crippen LogP contribution in [0, 0.1) is 5.92 Å². The minimum atomic E-state index is 0. The number of rotatable bonds is 3. The van der Waals surface area contributed by atoms with Gasteiger partial charge in [0.2, 0.25) is 0 Å². The summed E-state index contributed by atoms with van der Waals surface area (Å²) in [5, 5.41) is 8.84. The van der Waals surface area contributed by atoms with Gasteiger partial charge in [0.05, 0.1) is 24.2 Å². The maximum absolute atomic E-state index is 13.2. The van der Waals surface area contributed by atoms with Crippen LogP contribution in [0.2, 0.25) is 0 Å². The van der Waals surface area contributed by atoms with E-state index in [0.717, 1.165) is 29.4 Å². The molecule has 5 heterocycles. The van der Waals surface area contributed by atoms with Gasteiger partial charge in [-0.1, -0.05) is 24.3 Å². The minimum absolute atomic E-state index is 0.